The summed E-state index contributed by atoms with van der Waals surface area (Å²) in [6.07, 6.45) is 1.51. The third-order valence-electron chi connectivity index (χ3n) is 3.96. The minimum absolute atomic E-state index is 0.0369. The van der Waals surface area contributed by atoms with Crippen LogP contribution in [-0.4, -0.2) is 43.0 Å². The molecule has 1 aliphatic rings. The normalized spacial score (nSPS) is 16.3. The van der Waals surface area contributed by atoms with Gasteiger partial charge in [-0.2, -0.15) is 0 Å². The maximum Gasteiger partial charge on any atom is 0.225 e. The minimum atomic E-state index is -0.629. The number of fused-ring (bicyclic) bond motifs is 1. The van der Waals surface area contributed by atoms with Crippen molar-refractivity contribution in [1.29, 1.82) is 0 Å². The second-order valence-electron chi connectivity index (χ2n) is 5.72. The Morgan fingerprint density at radius 1 is 1.32 bits per heavy atom. The number of halogens is 2. The summed E-state index contributed by atoms with van der Waals surface area (Å²) in [6, 6.07) is 2.16. The monoisotopic (exact) mass is 325 g/mol. The Morgan fingerprint density at radius 2 is 2.00 bits per heavy atom. The fraction of sp³-hybridized carbons (Fsp3) is 0.467. The standard InChI is InChI=1S/C15H17F2N3OS/c1-19(2)14(21)9-3-5-20(6-4-9)15-18-13-11(17)7-10(16)8-12(13)22-15/h7-9H,3-6H2,1-2H3. The summed E-state index contributed by atoms with van der Waals surface area (Å²) in [6.45, 7) is 1.41. The Balaban J connectivity index is 1.77. The molecule has 1 saturated heterocycles. The first-order chi connectivity index (χ1) is 10.5. The molecular weight excluding hydrogens is 308 g/mol. The average Bonchev–Trinajstić information content (AvgIpc) is 2.90. The molecule has 4 nitrogen and oxygen atoms in total. The van der Waals surface area contributed by atoms with Crippen molar-refractivity contribution in [3.05, 3.63) is 23.8 Å². The van der Waals surface area contributed by atoms with Gasteiger partial charge in [0.1, 0.15) is 11.3 Å². The number of rotatable bonds is 2. The number of piperidine rings is 1. The van der Waals surface area contributed by atoms with Crippen molar-refractivity contribution in [2.24, 2.45) is 5.92 Å². The van der Waals surface area contributed by atoms with Gasteiger partial charge in [0, 0.05) is 39.2 Å². The van der Waals surface area contributed by atoms with E-state index in [4.69, 9.17) is 0 Å². The number of thiazole rings is 1. The van der Waals surface area contributed by atoms with Crippen LogP contribution in [0.4, 0.5) is 13.9 Å². The van der Waals surface area contributed by atoms with E-state index in [0.29, 0.717) is 22.9 Å². The van der Waals surface area contributed by atoms with Gasteiger partial charge in [-0.25, -0.2) is 13.8 Å². The minimum Gasteiger partial charge on any atom is -0.349 e. The van der Waals surface area contributed by atoms with Crippen LogP contribution < -0.4 is 4.90 Å². The predicted molar refractivity (Wildman–Crippen MR) is 83.2 cm³/mol. The van der Waals surface area contributed by atoms with E-state index in [-0.39, 0.29) is 17.3 Å². The van der Waals surface area contributed by atoms with E-state index in [1.165, 1.54) is 17.4 Å². The van der Waals surface area contributed by atoms with Crippen LogP contribution >= 0.6 is 11.3 Å². The number of anilines is 1. The van der Waals surface area contributed by atoms with Crippen molar-refractivity contribution in [2.45, 2.75) is 12.8 Å². The number of hydrogen-bond donors (Lipinski definition) is 0. The van der Waals surface area contributed by atoms with E-state index >= 15 is 0 Å². The number of aromatic nitrogens is 1. The average molecular weight is 325 g/mol. The summed E-state index contributed by atoms with van der Waals surface area (Å²) in [4.78, 5) is 19.9. The molecule has 0 N–H and O–H groups in total. The lowest BCUT2D eigenvalue weighted by Crippen LogP contribution is -2.40. The van der Waals surface area contributed by atoms with Gasteiger partial charge in [0.15, 0.2) is 10.9 Å². The van der Waals surface area contributed by atoms with Crippen molar-refractivity contribution in [3.63, 3.8) is 0 Å². The Kier molecular flexibility index (Phi) is 3.99. The lowest BCUT2D eigenvalue weighted by atomic mass is 9.96. The van der Waals surface area contributed by atoms with Gasteiger partial charge in [-0.1, -0.05) is 11.3 Å². The van der Waals surface area contributed by atoms with Crippen LogP contribution in [0.2, 0.25) is 0 Å². The Morgan fingerprint density at radius 3 is 2.64 bits per heavy atom. The van der Waals surface area contributed by atoms with Crippen LogP contribution in [0.3, 0.4) is 0 Å². The molecule has 0 unspecified atom stereocenters. The van der Waals surface area contributed by atoms with E-state index in [0.717, 1.165) is 18.9 Å². The summed E-state index contributed by atoms with van der Waals surface area (Å²) < 4.78 is 27.5. The first kappa shape index (κ1) is 15.1. The van der Waals surface area contributed by atoms with E-state index in [1.807, 2.05) is 4.90 Å². The van der Waals surface area contributed by atoms with E-state index in [2.05, 4.69) is 4.98 Å². The molecule has 0 radical (unpaired) electrons. The topological polar surface area (TPSA) is 36.4 Å². The van der Waals surface area contributed by atoms with Gasteiger partial charge in [0.2, 0.25) is 5.91 Å². The highest BCUT2D eigenvalue weighted by molar-refractivity contribution is 7.22. The molecule has 3 rings (SSSR count). The second kappa shape index (κ2) is 5.79. The third kappa shape index (κ3) is 2.77. The highest BCUT2D eigenvalue weighted by Crippen LogP contribution is 2.33. The third-order valence-corrected chi connectivity index (χ3v) is 5.02. The van der Waals surface area contributed by atoms with Crippen LogP contribution in [0, 0.1) is 17.6 Å². The molecule has 1 fully saturated rings. The molecular formula is C15H17F2N3OS. The van der Waals surface area contributed by atoms with Gasteiger partial charge in [-0.3, -0.25) is 4.79 Å². The Bertz CT molecular complexity index is 708. The van der Waals surface area contributed by atoms with Gasteiger partial charge in [0.05, 0.1) is 4.70 Å². The number of carbonyl (C=O) groups excluding carboxylic acids is 1. The molecule has 1 amide bonds. The molecule has 0 atom stereocenters. The Labute approximate surface area is 131 Å². The van der Waals surface area contributed by atoms with Gasteiger partial charge < -0.3 is 9.80 Å². The SMILES string of the molecule is CN(C)C(=O)C1CCN(c2nc3c(F)cc(F)cc3s2)CC1. The number of hydrogen-bond acceptors (Lipinski definition) is 4. The molecule has 0 bridgehead atoms. The summed E-state index contributed by atoms with van der Waals surface area (Å²) in [5.41, 5.74) is 0.216. The van der Waals surface area contributed by atoms with Crippen LogP contribution in [-0.2, 0) is 4.79 Å². The largest absolute Gasteiger partial charge is 0.349 e. The van der Waals surface area contributed by atoms with E-state index in [9.17, 15) is 13.6 Å². The summed E-state index contributed by atoms with van der Waals surface area (Å²) >= 11 is 1.29. The number of carbonyl (C=O) groups is 1. The molecule has 2 aromatic rings. The number of benzene rings is 1. The molecule has 0 saturated carbocycles. The highest BCUT2D eigenvalue weighted by atomic mass is 32.1. The van der Waals surface area contributed by atoms with Crippen molar-refractivity contribution in [1.82, 2.24) is 9.88 Å². The summed E-state index contributed by atoms with van der Waals surface area (Å²) in [5, 5.41) is 0.690. The number of amides is 1. The molecule has 0 spiro atoms. The van der Waals surface area contributed by atoms with E-state index < -0.39 is 11.6 Å². The van der Waals surface area contributed by atoms with Gasteiger partial charge in [-0.05, 0) is 18.9 Å². The predicted octanol–water partition coefficient (Wildman–Crippen LogP) is 2.88. The molecule has 7 heteroatoms. The van der Waals surface area contributed by atoms with Gasteiger partial charge in [-0.15, -0.1) is 0 Å². The van der Waals surface area contributed by atoms with E-state index in [1.54, 1.807) is 19.0 Å². The maximum absolute atomic E-state index is 13.7. The quantitative estimate of drug-likeness (QED) is 0.852. The lowest BCUT2D eigenvalue weighted by molar-refractivity contribution is -0.133. The van der Waals surface area contributed by atoms with Gasteiger partial charge >= 0.3 is 0 Å². The molecule has 1 aromatic carbocycles. The van der Waals surface area contributed by atoms with Crippen molar-refractivity contribution in [2.75, 3.05) is 32.1 Å². The number of nitrogens with zero attached hydrogens (tertiary/aromatic N) is 3. The zero-order valence-corrected chi connectivity index (χ0v) is 13.3. The molecule has 1 aliphatic heterocycles. The fourth-order valence-corrected chi connectivity index (χ4v) is 3.82. The van der Waals surface area contributed by atoms with Crippen LogP contribution in [0.5, 0.6) is 0 Å². The zero-order chi connectivity index (χ0) is 15.9. The zero-order valence-electron chi connectivity index (χ0n) is 12.5. The Hall–Kier alpha value is -1.76. The van der Waals surface area contributed by atoms with Gasteiger partial charge in [0.25, 0.3) is 0 Å². The van der Waals surface area contributed by atoms with Crippen LogP contribution in [0.15, 0.2) is 12.1 Å². The first-order valence-corrected chi connectivity index (χ1v) is 7.99. The lowest BCUT2D eigenvalue weighted by Gasteiger charge is -2.32. The fourth-order valence-electron chi connectivity index (χ4n) is 2.76. The molecule has 0 aliphatic carbocycles. The molecule has 22 heavy (non-hydrogen) atoms. The molecule has 118 valence electrons. The summed E-state index contributed by atoms with van der Waals surface area (Å²) in [7, 11) is 3.53. The highest BCUT2D eigenvalue weighted by Gasteiger charge is 2.27. The van der Waals surface area contributed by atoms with Crippen molar-refractivity contribution in [3.8, 4) is 0 Å². The molecule has 2 heterocycles. The summed E-state index contributed by atoms with van der Waals surface area (Å²) in [5.74, 6) is -1.03. The van der Waals surface area contributed by atoms with Crippen LogP contribution in [0.1, 0.15) is 12.8 Å². The van der Waals surface area contributed by atoms with Crippen molar-refractivity contribution < 1.29 is 13.6 Å². The molecule has 1 aromatic heterocycles. The smallest absolute Gasteiger partial charge is 0.225 e. The first-order valence-electron chi connectivity index (χ1n) is 7.17. The van der Waals surface area contributed by atoms with Crippen LogP contribution in [0.25, 0.3) is 10.2 Å². The maximum atomic E-state index is 13.7. The van der Waals surface area contributed by atoms with Crippen molar-refractivity contribution >= 4 is 32.6 Å². The second-order valence-corrected chi connectivity index (χ2v) is 6.73.